The van der Waals surface area contributed by atoms with Gasteiger partial charge in [0, 0.05) is 13.2 Å². The highest BCUT2D eigenvalue weighted by Crippen LogP contribution is 2.29. The maximum atomic E-state index is 11.8. The summed E-state index contributed by atoms with van der Waals surface area (Å²) in [7, 11) is 1.54. The van der Waals surface area contributed by atoms with E-state index in [0.717, 1.165) is 12.8 Å². The molecule has 0 aliphatic heterocycles. The van der Waals surface area contributed by atoms with Gasteiger partial charge in [-0.1, -0.05) is 6.92 Å². The van der Waals surface area contributed by atoms with Crippen LogP contribution >= 0.6 is 0 Å². The first-order chi connectivity index (χ1) is 9.02. The highest BCUT2D eigenvalue weighted by atomic mass is 16.5. The van der Waals surface area contributed by atoms with Crippen molar-refractivity contribution >= 4 is 11.5 Å². The van der Waals surface area contributed by atoms with E-state index in [-0.39, 0.29) is 17.5 Å². The first-order valence-corrected chi connectivity index (χ1v) is 6.41. The number of anilines is 2. The number of aromatic nitrogens is 2. The minimum Gasteiger partial charge on any atom is -0.383 e. The third kappa shape index (κ3) is 2.81. The minimum absolute atomic E-state index is 0.172. The third-order valence-corrected chi connectivity index (χ3v) is 3.48. The monoisotopic (exact) mass is 268 g/mol. The summed E-state index contributed by atoms with van der Waals surface area (Å²) >= 11 is 0. The number of rotatable bonds is 5. The van der Waals surface area contributed by atoms with E-state index in [9.17, 15) is 9.59 Å². The molecular weight excluding hydrogens is 248 g/mol. The number of nitrogens with zero attached hydrogens (tertiary/aromatic N) is 1. The van der Waals surface area contributed by atoms with Crippen LogP contribution in [-0.2, 0) is 11.3 Å². The molecule has 1 fully saturated rings. The highest BCUT2D eigenvalue weighted by molar-refractivity contribution is 5.61. The second-order valence-electron chi connectivity index (χ2n) is 5.08. The van der Waals surface area contributed by atoms with E-state index in [0.29, 0.717) is 19.1 Å². The molecule has 0 atom stereocenters. The van der Waals surface area contributed by atoms with Crippen LogP contribution in [0.15, 0.2) is 9.59 Å². The van der Waals surface area contributed by atoms with Crippen LogP contribution in [0.2, 0.25) is 0 Å². The summed E-state index contributed by atoms with van der Waals surface area (Å²) in [6.07, 6.45) is 2.02. The van der Waals surface area contributed by atoms with E-state index in [1.54, 1.807) is 7.11 Å². The van der Waals surface area contributed by atoms with E-state index in [4.69, 9.17) is 10.5 Å². The Morgan fingerprint density at radius 2 is 2.16 bits per heavy atom. The van der Waals surface area contributed by atoms with Crippen LogP contribution < -0.4 is 22.3 Å². The fraction of sp³-hybridized carbons (Fsp3) is 0.667. The van der Waals surface area contributed by atoms with Crippen LogP contribution in [0.4, 0.5) is 11.5 Å². The Labute approximate surface area is 110 Å². The van der Waals surface area contributed by atoms with Crippen molar-refractivity contribution in [1.29, 1.82) is 0 Å². The zero-order valence-corrected chi connectivity index (χ0v) is 11.2. The smallest absolute Gasteiger partial charge is 0.330 e. The van der Waals surface area contributed by atoms with Gasteiger partial charge >= 0.3 is 5.69 Å². The summed E-state index contributed by atoms with van der Waals surface area (Å²) in [5.74, 6) is 0.836. The fourth-order valence-corrected chi connectivity index (χ4v) is 2.36. The standard InChI is InChI=1S/C12H20N4O3/c1-7-5-8(6-7)14-9-10(13)16(3-4-19-2)12(18)15-11(9)17/h7-8,14H,3-6,13H2,1-2H3,(H,15,17,18). The highest BCUT2D eigenvalue weighted by Gasteiger charge is 2.27. The van der Waals surface area contributed by atoms with Crippen molar-refractivity contribution in [2.75, 3.05) is 24.8 Å². The van der Waals surface area contributed by atoms with Gasteiger partial charge in [-0.2, -0.15) is 0 Å². The van der Waals surface area contributed by atoms with Crippen LogP contribution in [0, 0.1) is 5.92 Å². The summed E-state index contributed by atoms with van der Waals surface area (Å²) in [5, 5.41) is 3.12. The van der Waals surface area contributed by atoms with E-state index < -0.39 is 11.2 Å². The van der Waals surface area contributed by atoms with Gasteiger partial charge in [-0.25, -0.2) is 4.79 Å². The normalized spacial score (nSPS) is 22.0. The first-order valence-electron chi connectivity index (χ1n) is 6.41. The molecule has 1 aliphatic rings. The molecule has 0 amide bonds. The largest absolute Gasteiger partial charge is 0.383 e. The summed E-state index contributed by atoms with van der Waals surface area (Å²) in [6.45, 7) is 2.83. The van der Waals surface area contributed by atoms with Gasteiger partial charge in [0.2, 0.25) is 0 Å². The molecule has 1 aromatic rings. The van der Waals surface area contributed by atoms with Crippen molar-refractivity contribution < 1.29 is 4.74 Å². The van der Waals surface area contributed by atoms with Crippen LogP contribution in [0.5, 0.6) is 0 Å². The van der Waals surface area contributed by atoms with Crippen LogP contribution in [0.3, 0.4) is 0 Å². The SMILES string of the molecule is COCCn1c(N)c(NC2CC(C)C2)c(=O)[nH]c1=O. The molecule has 0 saturated heterocycles. The van der Waals surface area contributed by atoms with Gasteiger partial charge in [0.05, 0.1) is 13.2 Å². The number of hydrogen-bond donors (Lipinski definition) is 3. The van der Waals surface area contributed by atoms with Gasteiger partial charge in [0.1, 0.15) is 11.5 Å². The molecule has 1 saturated carbocycles. The number of H-pyrrole nitrogens is 1. The lowest BCUT2D eigenvalue weighted by Gasteiger charge is -2.34. The van der Waals surface area contributed by atoms with Gasteiger partial charge in [0.15, 0.2) is 0 Å². The van der Waals surface area contributed by atoms with Crippen LogP contribution in [-0.4, -0.2) is 29.3 Å². The third-order valence-electron chi connectivity index (χ3n) is 3.48. The lowest BCUT2D eigenvalue weighted by molar-refractivity contribution is 0.186. The maximum absolute atomic E-state index is 11.8. The van der Waals surface area contributed by atoms with Crippen molar-refractivity contribution in [1.82, 2.24) is 9.55 Å². The first kappa shape index (κ1) is 13.7. The van der Waals surface area contributed by atoms with Crippen molar-refractivity contribution in [2.45, 2.75) is 32.4 Å². The molecule has 19 heavy (non-hydrogen) atoms. The van der Waals surface area contributed by atoms with Crippen molar-refractivity contribution in [3.8, 4) is 0 Å². The molecule has 0 unspecified atom stereocenters. The molecule has 1 aromatic heterocycles. The Hall–Kier alpha value is -1.76. The topological polar surface area (TPSA) is 102 Å². The molecule has 4 N–H and O–H groups in total. The van der Waals surface area contributed by atoms with Gasteiger partial charge in [-0.15, -0.1) is 0 Å². The molecule has 0 spiro atoms. The zero-order chi connectivity index (χ0) is 14.0. The lowest BCUT2D eigenvalue weighted by atomic mass is 9.82. The number of nitrogen functional groups attached to an aromatic ring is 1. The number of nitrogens with one attached hydrogen (secondary N) is 2. The molecule has 0 radical (unpaired) electrons. The van der Waals surface area contributed by atoms with E-state index >= 15 is 0 Å². The van der Waals surface area contributed by atoms with Crippen LogP contribution in [0.1, 0.15) is 19.8 Å². The Morgan fingerprint density at radius 1 is 1.47 bits per heavy atom. The Balaban J connectivity index is 2.26. The van der Waals surface area contributed by atoms with Gasteiger partial charge in [-0.05, 0) is 18.8 Å². The van der Waals surface area contributed by atoms with Gasteiger partial charge < -0.3 is 15.8 Å². The van der Waals surface area contributed by atoms with Gasteiger partial charge in [0.25, 0.3) is 5.56 Å². The number of nitrogens with two attached hydrogens (primary N) is 1. The molecule has 1 aliphatic carbocycles. The molecule has 2 rings (SSSR count). The van der Waals surface area contributed by atoms with Crippen molar-refractivity contribution in [3.63, 3.8) is 0 Å². The van der Waals surface area contributed by atoms with Crippen molar-refractivity contribution in [3.05, 3.63) is 20.8 Å². The van der Waals surface area contributed by atoms with E-state index in [1.165, 1.54) is 4.57 Å². The predicted octanol–water partition coefficient (Wildman–Crippen LogP) is -0.0244. The molecule has 0 aromatic carbocycles. The Morgan fingerprint density at radius 3 is 2.74 bits per heavy atom. The fourth-order valence-electron chi connectivity index (χ4n) is 2.36. The number of methoxy groups -OCH3 is 1. The predicted molar refractivity (Wildman–Crippen MR) is 73.4 cm³/mol. The Bertz CT molecular complexity index is 557. The zero-order valence-electron chi connectivity index (χ0n) is 11.2. The van der Waals surface area contributed by atoms with E-state index in [1.807, 2.05) is 0 Å². The molecule has 1 heterocycles. The second kappa shape index (κ2) is 5.48. The Kier molecular flexibility index (Phi) is 3.94. The summed E-state index contributed by atoms with van der Waals surface area (Å²) in [5.41, 5.74) is 5.23. The quantitative estimate of drug-likeness (QED) is 0.696. The number of ether oxygens (including phenoxy) is 1. The van der Waals surface area contributed by atoms with Crippen LogP contribution in [0.25, 0.3) is 0 Å². The number of hydrogen-bond acceptors (Lipinski definition) is 5. The molecular formula is C12H20N4O3. The minimum atomic E-state index is -0.507. The number of aromatic amines is 1. The average Bonchev–Trinajstić information content (AvgIpc) is 2.31. The average molecular weight is 268 g/mol. The maximum Gasteiger partial charge on any atom is 0.330 e. The lowest BCUT2D eigenvalue weighted by Crippen LogP contribution is -2.40. The van der Waals surface area contributed by atoms with Crippen molar-refractivity contribution in [2.24, 2.45) is 5.92 Å². The molecule has 0 bridgehead atoms. The molecule has 7 nitrogen and oxygen atoms in total. The van der Waals surface area contributed by atoms with Gasteiger partial charge in [-0.3, -0.25) is 14.3 Å². The summed E-state index contributed by atoms with van der Waals surface area (Å²) in [4.78, 5) is 25.8. The summed E-state index contributed by atoms with van der Waals surface area (Å²) in [6, 6.07) is 0.256. The van der Waals surface area contributed by atoms with E-state index in [2.05, 4.69) is 17.2 Å². The molecule has 7 heteroatoms. The summed E-state index contributed by atoms with van der Waals surface area (Å²) < 4.78 is 6.24. The second-order valence-corrected chi connectivity index (χ2v) is 5.08. The molecule has 106 valence electrons.